The highest BCUT2D eigenvalue weighted by atomic mass is 35.5. The second-order valence-electron chi connectivity index (χ2n) is 3.85. The number of nitrogens with one attached hydrogen (secondary N) is 1. The highest BCUT2D eigenvalue weighted by Gasteiger charge is 2.21. The summed E-state index contributed by atoms with van der Waals surface area (Å²) in [4.78, 5) is 10.6. The summed E-state index contributed by atoms with van der Waals surface area (Å²) < 4.78 is 39.0. The molecule has 0 heterocycles. The van der Waals surface area contributed by atoms with Crippen LogP contribution < -0.4 is 9.83 Å². The van der Waals surface area contributed by atoms with Crippen molar-refractivity contribution in [3.05, 3.63) is 29.0 Å². The highest BCUT2D eigenvalue weighted by molar-refractivity contribution is 7.98. The second-order valence-corrected chi connectivity index (χ2v) is 6.96. The first-order valence-electron chi connectivity index (χ1n) is 5.45. The average Bonchev–Trinajstić information content (AvgIpc) is 2.37. The molecule has 0 amide bonds. The van der Waals surface area contributed by atoms with Crippen LogP contribution in [0.25, 0.3) is 0 Å². The lowest BCUT2D eigenvalue weighted by Crippen LogP contribution is -2.48. The summed E-state index contributed by atoms with van der Waals surface area (Å²) in [6.45, 7) is 0. The Morgan fingerprint density at radius 2 is 2.20 bits per heavy atom. The zero-order valence-electron chi connectivity index (χ0n) is 10.4. The van der Waals surface area contributed by atoms with Crippen LogP contribution in [0, 0.1) is 5.82 Å². The molecule has 0 fully saturated rings. The van der Waals surface area contributed by atoms with Crippen molar-refractivity contribution in [3.63, 3.8) is 0 Å². The van der Waals surface area contributed by atoms with E-state index in [1.54, 1.807) is 6.26 Å². The Morgan fingerprint density at radius 1 is 1.55 bits per heavy atom. The van der Waals surface area contributed by atoms with Gasteiger partial charge in [-0.2, -0.15) is 11.8 Å². The largest absolute Gasteiger partial charge is 0.548 e. The second kappa shape index (κ2) is 7.26. The molecule has 0 bridgehead atoms. The van der Waals surface area contributed by atoms with Gasteiger partial charge in [0.2, 0.25) is 10.0 Å². The number of carbonyl (C=O) groups excluding carboxylic acids is 1. The molecule has 1 aromatic carbocycles. The quantitative estimate of drug-likeness (QED) is 0.786. The fraction of sp³-hybridized carbons (Fsp3) is 0.364. The van der Waals surface area contributed by atoms with Gasteiger partial charge in [0.1, 0.15) is 5.82 Å². The van der Waals surface area contributed by atoms with Crippen molar-refractivity contribution in [1.82, 2.24) is 4.72 Å². The molecular weight excluding hydrogens is 329 g/mol. The Hall–Kier alpha value is -0.830. The molecule has 1 atom stereocenters. The molecule has 1 aromatic rings. The van der Waals surface area contributed by atoms with E-state index in [9.17, 15) is 22.7 Å². The predicted octanol–water partition coefficient (Wildman–Crippen LogP) is 0.629. The van der Waals surface area contributed by atoms with E-state index < -0.39 is 27.9 Å². The number of rotatable bonds is 7. The standard InChI is InChI=1S/C11H13ClFNO4S2/c1-19-5-4-10(11(15)16)14-20(17,18)7-2-3-9(13)8(12)6-7/h2-3,6,10,14H,4-5H2,1H3,(H,15,16)/p-1. The third-order valence-corrected chi connectivity index (χ3v) is 4.80. The van der Waals surface area contributed by atoms with Crippen LogP contribution in [0.2, 0.25) is 5.02 Å². The number of carboxylic acids is 1. The Morgan fingerprint density at radius 3 is 2.70 bits per heavy atom. The molecular formula is C11H12ClFNO4S2-. The number of carbonyl (C=O) groups is 1. The summed E-state index contributed by atoms with van der Waals surface area (Å²) in [7, 11) is -4.11. The van der Waals surface area contributed by atoms with Crippen molar-refractivity contribution < 1.29 is 22.7 Å². The van der Waals surface area contributed by atoms with Crippen molar-refractivity contribution in [2.75, 3.05) is 12.0 Å². The summed E-state index contributed by atoms with van der Waals surface area (Å²) in [6.07, 6.45) is 1.85. The third-order valence-electron chi connectivity index (χ3n) is 2.39. The van der Waals surface area contributed by atoms with Crippen molar-refractivity contribution in [2.45, 2.75) is 17.4 Å². The molecule has 0 saturated heterocycles. The third kappa shape index (κ3) is 4.62. The van der Waals surface area contributed by atoms with Gasteiger partial charge < -0.3 is 9.90 Å². The summed E-state index contributed by atoms with van der Waals surface area (Å²) in [6, 6.07) is 1.47. The van der Waals surface area contributed by atoms with Gasteiger partial charge in [-0.05, 0) is 36.6 Å². The van der Waals surface area contributed by atoms with Gasteiger partial charge in [-0.1, -0.05) is 11.6 Å². The summed E-state index contributed by atoms with van der Waals surface area (Å²) in [5.74, 6) is -1.83. The van der Waals surface area contributed by atoms with Crippen LogP contribution in [0.1, 0.15) is 6.42 Å². The lowest BCUT2D eigenvalue weighted by Gasteiger charge is -2.19. The number of benzene rings is 1. The molecule has 0 aromatic heterocycles. The minimum atomic E-state index is -4.11. The Labute approximate surface area is 125 Å². The lowest BCUT2D eigenvalue weighted by molar-refractivity contribution is -0.308. The maximum Gasteiger partial charge on any atom is 0.241 e. The number of thioether (sulfide) groups is 1. The number of hydrogen-bond donors (Lipinski definition) is 1. The topological polar surface area (TPSA) is 86.3 Å². The molecule has 0 aliphatic heterocycles. The van der Waals surface area contributed by atoms with Gasteiger partial charge in [0.05, 0.1) is 21.9 Å². The molecule has 0 spiro atoms. The maximum absolute atomic E-state index is 13.0. The fourth-order valence-electron chi connectivity index (χ4n) is 1.36. The van der Waals surface area contributed by atoms with Gasteiger partial charge in [-0.15, -0.1) is 0 Å². The van der Waals surface area contributed by atoms with Crippen LogP contribution in [0.15, 0.2) is 23.1 Å². The number of aliphatic carboxylic acids is 1. The monoisotopic (exact) mass is 340 g/mol. The molecule has 1 rings (SSSR count). The van der Waals surface area contributed by atoms with E-state index in [2.05, 4.69) is 0 Å². The van der Waals surface area contributed by atoms with E-state index in [4.69, 9.17) is 11.6 Å². The molecule has 112 valence electrons. The van der Waals surface area contributed by atoms with Crippen LogP contribution in [0.4, 0.5) is 4.39 Å². The average molecular weight is 341 g/mol. The highest BCUT2D eigenvalue weighted by Crippen LogP contribution is 2.19. The van der Waals surface area contributed by atoms with Crippen LogP contribution in [0.3, 0.4) is 0 Å². The van der Waals surface area contributed by atoms with Crippen molar-refractivity contribution >= 4 is 39.4 Å². The predicted molar refractivity (Wildman–Crippen MR) is 73.5 cm³/mol. The van der Waals surface area contributed by atoms with Gasteiger partial charge in [-0.25, -0.2) is 17.5 Å². The summed E-state index contributed by atoms with van der Waals surface area (Å²) in [5.41, 5.74) is 0. The van der Waals surface area contributed by atoms with Gasteiger partial charge in [0.25, 0.3) is 0 Å². The minimum Gasteiger partial charge on any atom is -0.548 e. The lowest BCUT2D eigenvalue weighted by atomic mass is 10.2. The smallest absolute Gasteiger partial charge is 0.241 e. The van der Waals surface area contributed by atoms with E-state index in [1.165, 1.54) is 11.8 Å². The van der Waals surface area contributed by atoms with E-state index in [0.717, 1.165) is 18.2 Å². The van der Waals surface area contributed by atoms with Crippen molar-refractivity contribution in [3.8, 4) is 0 Å². The van der Waals surface area contributed by atoms with Gasteiger partial charge in [0.15, 0.2) is 0 Å². The first-order valence-corrected chi connectivity index (χ1v) is 8.70. The van der Waals surface area contributed by atoms with E-state index in [-0.39, 0.29) is 16.3 Å². The van der Waals surface area contributed by atoms with Crippen LogP contribution in [-0.4, -0.2) is 32.4 Å². The zero-order valence-corrected chi connectivity index (χ0v) is 12.8. The molecule has 0 aliphatic rings. The fourth-order valence-corrected chi connectivity index (χ4v) is 3.32. The van der Waals surface area contributed by atoms with E-state index in [1.807, 2.05) is 4.72 Å². The molecule has 0 saturated carbocycles. The minimum absolute atomic E-state index is 0.0810. The Balaban J connectivity index is 2.97. The molecule has 9 heteroatoms. The molecule has 0 radical (unpaired) electrons. The first-order chi connectivity index (χ1) is 9.27. The normalized spacial score (nSPS) is 13.2. The van der Waals surface area contributed by atoms with E-state index >= 15 is 0 Å². The molecule has 5 nitrogen and oxygen atoms in total. The maximum atomic E-state index is 13.0. The van der Waals surface area contributed by atoms with Crippen LogP contribution in [-0.2, 0) is 14.8 Å². The molecule has 20 heavy (non-hydrogen) atoms. The van der Waals surface area contributed by atoms with E-state index in [0.29, 0.717) is 5.75 Å². The van der Waals surface area contributed by atoms with Crippen molar-refractivity contribution in [1.29, 1.82) is 0 Å². The Kier molecular flexibility index (Phi) is 6.25. The Bertz CT molecular complexity index is 594. The van der Waals surface area contributed by atoms with Crippen molar-refractivity contribution in [2.24, 2.45) is 0 Å². The van der Waals surface area contributed by atoms with Crippen LogP contribution >= 0.6 is 23.4 Å². The number of halogens is 2. The molecule has 1 N–H and O–H groups in total. The summed E-state index contributed by atoms with van der Waals surface area (Å²) in [5, 5.41) is 10.5. The zero-order chi connectivity index (χ0) is 15.3. The van der Waals surface area contributed by atoms with Crippen LogP contribution in [0.5, 0.6) is 0 Å². The number of sulfonamides is 1. The number of carboxylic acid groups (broad SMARTS) is 1. The molecule has 0 aliphatic carbocycles. The number of hydrogen-bond acceptors (Lipinski definition) is 5. The summed E-state index contributed by atoms with van der Waals surface area (Å²) >= 11 is 6.88. The van der Waals surface area contributed by atoms with Gasteiger partial charge in [0, 0.05) is 0 Å². The van der Waals surface area contributed by atoms with Gasteiger partial charge >= 0.3 is 0 Å². The molecule has 1 unspecified atom stereocenters. The van der Waals surface area contributed by atoms with Gasteiger partial charge in [-0.3, -0.25) is 0 Å². The SMILES string of the molecule is CSCCC(NS(=O)(=O)c1ccc(F)c(Cl)c1)C(=O)[O-]. The first kappa shape index (κ1) is 17.2.